The molecule has 8 heteroatoms. The van der Waals surface area contributed by atoms with Gasteiger partial charge >= 0.3 is 0 Å². The van der Waals surface area contributed by atoms with Crippen molar-refractivity contribution in [2.75, 3.05) is 13.2 Å². The molecular formula is C20H36N4O2Si2. The molecule has 0 spiro atoms. The van der Waals surface area contributed by atoms with Crippen LogP contribution in [0.2, 0.25) is 51.4 Å². The highest BCUT2D eigenvalue weighted by molar-refractivity contribution is 6.76. The van der Waals surface area contributed by atoms with E-state index in [1.165, 1.54) is 0 Å². The summed E-state index contributed by atoms with van der Waals surface area (Å²) in [7, 11) is -2.18. The second kappa shape index (κ2) is 9.82. The van der Waals surface area contributed by atoms with E-state index in [1.807, 2.05) is 21.5 Å². The Morgan fingerprint density at radius 3 is 1.57 bits per heavy atom. The molecule has 0 saturated carbocycles. The highest BCUT2D eigenvalue weighted by atomic mass is 28.3. The predicted octanol–water partition coefficient (Wildman–Crippen LogP) is 4.77. The fraction of sp³-hybridized carbons (Fsp3) is 0.600. The first-order valence-electron chi connectivity index (χ1n) is 9.96. The summed E-state index contributed by atoms with van der Waals surface area (Å²) in [6.07, 6.45) is 3.57. The number of rotatable bonds is 12. The van der Waals surface area contributed by atoms with E-state index in [1.54, 1.807) is 12.4 Å². The Hall–Kier alpha value is -1.49. The van der Waals surface area contributed by atoms with Gasteiger partial charge < -0.3 is 9.47 Å². The van der Waals surface area contributed by atoms with Gasteiger partial charge in [0.1, 0.15) is 13.5 Å². The van der Waals surface area contributed by atoms with Crippen molar-refractivity contribution in [3.63, 3.8) is 0 Å². The third-order valence-electron chi connectivity index (χ3n) is 4.47. The maximum atomic E-state index is 5.85. The van der Waals surface area contributed by atoms with Crippen LogP contribution in [-0.2, 0) is 22.9 Å². The standard InChI is InChI=1S/C20H36N4O2Si2/c1-18(19-8-10-21-23(19)16-25-12-14-27(2,3)4)20-9-11-22-24(20)17-26-13-15-28(5,6)7/h8-11H,1,12-17H2,2-7H3. The summed E-state index contributed by atoms with van der Waals surface area (Å²) in [4.78, 5) is 0. The van der Waals surface area contributed by atoms with Crippen LogP contribution in [0.15, 0.2) is 31.1 Å². The van der Waals surface area contributed by atoms with Crippen LogP contribution >= 0.6 is 0 Å². The minimum Gasteiger partial charge on any atom is -0.360 e. The van der Waals surface area contributed by atoms with Crippen molar-refractivity contribution >= 4 is 21.7 Å². The molecule has 0 radical (unpaired) electrons. The smallest absolute Gasteiger partial charge is 0.139 e. The molecule has 0 bridgehead atoms. The number of hydrogen-bond acceptors (Lipinski definition) is 4. The summed E-state index contributed by atoms with van der Waals surface area (Å²) in [5.74, 6) is 0. The summed E-state index contributed by atoms with van der Waals surface area (Å²) >= 11 is 0. The average Bonchev–Trinajstić information content (AvgIpc) is 3.22. The minimum absolute atomic E-state index is 0.437. The maximum absolute atomic E-state index is 5.85. The van der Waals surface area contributed by atoms with Crippen LogP contribution in [0.3, 0.4) is 0 Å². The van der Waals surface area contributed by atoms with Gasteiger partial charge in [0.2, 0.25) is 0 Å². The van der Waals surface area contributed by atoms with Crippen molar-refractivity contribution in [1.29, 1.82) is 0 Å². The van der Waals surface area contributed by atoms with Crippen LogP contribution < -0.4 is 0 Å². The van der Waals surface area contributed by atoms with Gasteiger partial charge in [0.05, 0.1) is 11.4 Å². The molecular weight excluding hydrogens is 384 g/mol. The molecule has 6 nitrogen and oxygen atoms in total. The van der Waals surface area contributed by atoms with Gasteiger partial charge in [-0.15, -0.1) is 0 Å². The molecule has 0 aliphatic rings. The Balaban J connectivity index is 1.94. The minimum atomic E-state index is -1.09. The molecule has 156 valence electrons. The molecule has 0 atom stereocenters. The molecule has 2 heterocycles. The Labute approximate surface area is 171 Å². The van der Waals surface area contributed by atoms with E-state index in [0.29, 0.717) is 13.5 Å². The SMILES string of the molecule is C=C(c1ccnn1COCC[Si](C)(C)C)c1ccnn1COCC[Si](C)(C)C. The molecule has 28 heavy (non-hydrogen) atoms. The van der Waals surface area contributed by atoms with Crippen LogP contribution in [0.1, 0.15) is 11.4 Å². The average molecular weight is 421 g/mol. The van der Waals surface area contributed by atoms with Crippen molar-refractivity contribution in [2.45, 2.75) is 64.8 Å². The lowest BCUT2D eigenvalue weighted by Gasteiger charge is -2.17. The third-order valence-corrected chi connectivity index (χ3v) is 7.88. The van der Waals surface area contributed by atoms with Crippen molar-refractivity contribution in [3.8, 4) is 0 Å². The molecule has 0 unspecified atom stereocenters. The van der Waals surface area contributed by atoms with Gasteiger partial charge in [0.15, 0.2) is 0 Å². The van der Waals surface area contributed by atoms with E-state index >= 15 is 0 Å². The number of ether oxygens (including phenoxy) is 2. The second-order valence-electron chi connectivity index (χ2n) is 9.61. The summed E-state index contributed by atoms with van der Waals surface area (Å²) in [5.41, 5.74) is 2.76. The van der Waals surface area contributed by atoms with Gasteiger partial charge in [-0.3, -0.25) is 0 Å². The number of aromatic nitrogens is 4. The summed E-state index contributed by atoms with van der Waals surface area (Å²) in [6, 6.07) is 6.22. The summed E-state index contributed by atoms with van der Waals surface area (Å²) in [6.45, 7) is 20.8. The van der Waals surface area contributed by atoms with E-state index in [-0.39, 0.29) is 0 Å². The monoisotopic (exact) mass is 420 g/mol. The first-order valence-corrected chi connectivity index (χ1v) is 17.4. The van der Waals surface area contributed by atoms with Crippen molar-refractivity contribution in [2.24, 2.45) is 0 Å². The van der Waals surface area contributed by atoms with Crippen molar-refractivity contribution in [3.05, 3.63) is 42.5 Å². The molecule has 0 aromatic carbocycles. The normalized spacial score (nSPS) is 12.5. The van der Waals surface area contributed by atoms with Gasteiger partial charge in [0, 0.05) is 47.3 Å². The largest absolute Gasteiger partial charge is 0.360 e. The predicted molar refractivity (Wildman–Crippen MR) is 121 cm³/mol. The topological polar surface area (TPSA) is 54.1 Å². The Kier molecular flexibility index (Phi) is 8.00. The van der Waals surface area contributed by atoms with E-state index in [9.17, 15) is 0 Å². The number of hydrogen-bond donors (Lipinski definition) is 0. The first-order chi connectivity index (χ1) is 13.1. The zero-order valence-electron chi connectivity index (χ0n) is 18.4. The lowest BCUT2D eigenvalue weighted by atomic mass is 10.1. The molecule has 0 amide bonds. The maximum Gasteiger partial charge on any atom is 0.139 e. The van der Waals surface area contributed by atoms with Crippen LogP contribution in [0, 0.1) is 0 Å². The molecule has 0 saturated heterocycles. The zero-order valence-corrected chi connectivity index (χ0v) is 20.4. The van der Waals surface area contributed by atoms with Crippen LogP contribution in [0.5, 0.6) is 0 Å². The lowest BCUT2D eigenvalue weighted by molar-refractivity contribution is 0.0767. The Morgan fingerprint density at radius 2 is 1.21 bits per heavy atom. The van der Waals surface area contributed by atoms with Gasteiger partial charge in [-0.05, 0) is 24.2 Å². The van der Waals surface area contributed by atoms with E-state index in [2.05, 4.69) is 56.1 Å². The quantitative estimate of drug-likeness (QED) is 0.367. The van der Waals surface area contributed by atoms with E-state index in [0.717, 1.165) is 42.3 Å². The molecule has 0 aliphatic heterocycles. The van der Waals surface area contributed by atoms with E-state index < -0.39 is 16.1 Å². The van der Waals surface area contributed by atoms with Gasteiger partial charge in [-0.25, -0.2) is 9.36 Å². The van der Waals surface area contributed by atoms with Crippen LogP contribution in [0.25, 0.3) is 5.57 Å². The second-order valence-corrected chi connectivity index (χ2v) is 20.8. The zero-order chi connectivity index (χ0) is 20.8. The Bertz CT molecular complexity index is 695. The van der Waals surface area contributed by atoms with Gasteiger partial charge in [0.25, 0.3) is 0 Å². The fourth-order valence-electron chi connectivity index (χ4n) is 2.57. The van der Waals surface area contributed by atoms with Gasteiger partial charge in [-0.2, -0.15) is 10.2 Å². The highest BCUT2D eigenvalue weighted by Crippen LogP contribution is 2.21. The van der Waals surface area contributed by atoms with Crippen LogP contribution in [-0.4, -0.2) is 48.9 Å². The van der Waals surface area contributed by atoms with Crippen molar-refractivity contribution < 1.29 is 9.47 Å². The molecule has 0 N–H and O–H groups in total. The van der Waals surface area contributed by atoms with E-state index in [4.69, 9.17) is 9.47 Å². The molecule has 0 fully saturated rings. The number of nitrogens with zero attached hydrogens (tertiary/aromatic N) is 4. The van der Waals surface area contributed by atoms with Crippen molar-refractivity contribution in [1.82, 2.24) is 19.6 Å². The molecule has 0 aliphatic carbocycles. The Morgan fingerprint density at radius 1 is 0.821 bits per heavy atom. The van der Waals surface area contributed by atoms with Crippen LogP contribution in [0.4, 0.5) is 0 Å². The molecule has 2 rings (SSSR count). The van der Waals surface area contributed by atoms with Gasteiger partial charge in [-0.1, -0.05) is 45.9 Å². The highest BCUT2D eigenvalue weighted by Gasteiger charge is 2.16. The first kappa shape index (κ1) is 22.8. The summed E-state index contributed by atoms with van der Waals surface area (Å²) in [5, 5.41) is 8.80. The third kappa shape index (κ3) is 7.50. The lowest BCUT2D eigenvalue weighted by Crippen LogP contribution is -2.22. The summed E-state index contributed by atoms with van der Waals surface area (Å²) < 4.78 is 15.4. The molecule has 2 aromatic rings. The fourth-order valence-corrected chi connectivity index (χ4v) is 4.09. The molecule has 2 aromatic heterocycles.